The molecule has 0 bridgehead atoms. The van der Waals surface area contributed by atoms with Crippen molar-refractivity contribution in [3.05, 3.63) is 0 Å². The minimum atomic E-state index is -0.575. The zero-order valence-electron chi connectivity index (χ0n) is 12.6. The Hall–Kier alpha value is -0.640. The quantitative estimate of drug-likeness (QED) is 0.623. The smallest absolute Gasteiger partial charge is 0.235 e. The Kier molecular flexibility index (Phi) is 6.24. The highest BCUT2D eigenvalue weighted by molar-refractivity contribution is 7.80. The van der Waals surface area contributed by atoms with E-state index in [-0.39, 0.29) is 5.91 Å². The van der Waals surface area contributed by atoms with Gasteiger partial charge in [0.1, 0.15) is 0 Å². The van der Waals surface area contributed by atoms with Crippen molar-refractivity contribution in [3.8, 4) is 0 Å². The first-order valence-electron chi connectivity index (χ1n) is 7.49. The summed E-state index contributed by atoms with van der Waals surface area (Å²) < 4.78 is 0. The molecule has 1 amide bonds. The van der Waals surface area contributed by atoms with Crippen LogP contribution >= 0.6 is 12.2 Å². The van der Waals surface area contributed by atoms with Gasteiger partial charge in [-0.2, -0.15) is 0 Å². The molecule has 1 aliphatic carbocycles. The van der Waals surface area contributed by atoms with Crippen LogP contribution in [-0.4, -0.2) is 29.4 Å². The third-order valence-corrected chi connectivity index (χ3v) is 4.86. The molecule has 0 saturated heterocycles. The van der Waals surface area contributed by atoms with Crippen LogP contribution in [0.1, 0.15) is 58.8 Å². The fourth-order valence-electron chi connectivity index (χ4n) is 2.94. The van der Waals surface area contributed by atoms with Crippen molar-refractivity contribution in [2.45, 2.75) is 58.8 Å². The molecule has 0 aliphatic heterocycles. The second kappa shape index (κ2) is 7.22. The van der Waals surface area contributed by atoms with Crippen molar-refractivity contribution in [1.29, 1.82) is 0 Å². The Morgan fingerprint density at radius 2 is 1.84 bits per heavy atom. The Morgan fingerprint density at radius 1 is 1.32 bits per heavy atom. The highest BCUT2D eigenvalue weighted by Gasteiger charge is 2.43. The second-order valence-electron chi connectivity index (χ2n) is 6.06. The van der Waals surface area contributed by atoms with Gasteiger partial charge in [-0.1, -0.05) is 58.2 Å². The predicted octanol–water partition coefficient (Wildman–Crippen LogP) is 3.12. The van der Waals surface area contributed by atoms with E-state index in [0.717, 1.165) is 38.6 Å². The molecule has 0 radical (unpaired) electrons. The van der Waals surface area contributed by atoms with E-state index < -0.39 is 5.41 Å². The molecule has 0 aromatic heterocycles. The van der Waals surface area contributed by atoms with E-state index in [1.165, 1.54) is 12.8 Å². The molecule has 1 saturated carbocycles. The number of nitrogens with zero attached hydrogens (tertiary/aromatic N) is 1. The number of hydrogen-bond donors (Lipinski definition) is 1. The highest BCUT2D eigenvalue weighted by Crippen LogP contribution is 2.37. The Morgan fingerprint density at radius 3 is 2.26 bits per heavy atom. The minimum absolute atomic E-state index is 0.141. The van der Waals surface area contributed by atoms with Crippen molar-refractivity contribution in [3.63, 3.8) is 0 Å². The van der Waals surface area contributed by atoms with Crippen LogP contribution in [0.4, 0.5) is 0 Å². The molecule has 1 rings (SSSR count). The van der Waals surface area contributed by atoms with Gasteiger partial charge in [-0.05, 0) is 18.8 Å². The average Bonchev–Trinajstić information content (AvgIpc) is 2.64. The van der Waals surface area contributed by atoms with Gasteiger partial charge >= 0.3 is 0 Å². The van der Waals surface area contributed by atoms with E-state index in [4.69, 9.17) is 18.0 Å². The standard InChI is InChI=1S/C15H28N2OS/c1-4-12(2)11-17(3)14(18)15(13(16)19)9-7-5-6-8-10-15/h12H,4-11H2,1-3H3,(H2,16,19). The van der Waals surface area contributed by atoms with Crippen LogP contribution in [0.25, 0.3) is 0 Å². The van der Waals surface area contributed by atoms with Crippen LogP contribution < -0.4 is 5.73 Å². The Labute approximate surface area is 122 Å². The molecular weight excluding hydrogens is 256 g/mol. The number of carbonyl (C=O) groups excluding carboxylic acids is 1. The van der Waals surface area contributed by atoms with Crippen LogP contribution in [0.2, 0.25) is 0 Å². The highest BCUT2D eigenvalue weighted by atomic mass is 32.1. The lowest BCUT2D eigenvalue weighted by atomic mass is 9.78. The monoisotopic (exact) mass is 284 g/mol. The molecule has 0 heterocycles. The molecule has 1 unspecified atom stereocenters. The first kappa shape index (κ1) is 16.4. The van der Waals surface area contributed by atoms with Gasteiger partial charge in [-0.25, -0.2) is 0 Å². The third kappa shape index (κ3) is 3.91. The summed E-state index contributed by atoms with van der Waals surface area (Å²) in [4.78, 5) is 15.1. The van der Waals surface area contributed by atoms with Gasteiger partial charge in [-0.15, -0.1) is 0 Å². The zero-order chi connectivity index (χ0) is 14.5. The molecule has 4 heteroatoms. The maximum atomic E-state index is 12.8. The largest absolute Gasteiger partial charge is 0.392 e. The second-order valence-corrected chi connectivity index (χ2v) is 6.50. The van der Waals surface area contributed by atoms with Crippen LogP contribution in [0.3, 0.4) is 0 Å². The van der Waals surface area contributed by atoms with E-state index in [1.54, 1.807) is 0 Å². The SMILES string of the molecule is CCC(C)CN(C)C(=O)C1(C(N)=S)CCCCCC1. The van der Waals surface area contributed by atoms with Crippen LogP contribution in [0.5, 0.6) is 0 Å². The van der Waals surface area contributed by atoms with Gasteiger partial charge < -0.3 is 10.6 Å². The maximum Gasteiger partial charge on any atom is 0.235 e. The van der Waals surface area contributed by atoms with Gasteiger partial charge in [0.2, 0.25) is 5.91 Å². The van der Waals surface area contributed by atoms with Crippen LogP contribution in [-0.2, 0) is 4.79 Å². The maximum absolute atomic E-state index is 12.8. The topological polar surface area (TPSA) is 46.3 Å². The van der Waals surface area contributed by atoms with Crippen molar-refractivity contribution in [1.82, 2.24) is 4.90 Å². The van der Waals surface area contributed by atoms with Crippen LogP contribution in [0, 0.1) is 11.3 Å². The molecule has 0 aromatic rings. The fourth-order valence-corrected chi connectivity index (χ4v) is 3.23. The average molecular weight is 284 g/mol. The minimum Gasteiger partial charge on any atom is -0.392 e. The summed E-state index contributed by atoms with van der Waals surface area (Å²) in [7, 11) is 1.89. The first-order chi connectivity index (χ1) is 8.94. The summed E-state index contributed by atoms with van der Waals surface area (Å²) in [6.45, 7) is 5.11. The molecule has 1 atom stereocenters. The fraction of sp³-hybridized carbons (Fsp3) is 0.867. The molecular formula is C15H28N2OS. The number of rotatable bonds is 5. The summed E-state index contributed by atoms with van der Waals surface area (Å²) in [5.74, 6) is 0.658. The summed E-state index contributed by atoms with van der Waals surface area (Å²) in [5, 5.41) is 0. The zero-order valence-corrected chi connectivity index (χ0v) is 13.4. The number of amides is 1. The summed E-state index contributed by atoms with van der Waals surface area (Å²) in [5.41, 5.74) is 5.38. The van der Waals surface area contributed by atoms with E-state index in [0.29, 0.717) is 10.9 Å². The van der Waals surface area contributed by atoms with Gasteiger partial charge in [-0.3, -0.25) is 4.79 Å². The van der Waals surface area contributed by atoms with Gasteiger partial charge in [0.05, 0.1) is 10.4 Å². The Balaban J connectivity index is 2.85. The van der Waals surface area contributed by atoms with Gasteiger partial charge in [0.25, 0.3) is 0 Å². The van der Waals surface area contributed by atoms with Crippen molar-refractivity contribution < 1.29 is 4.79 Å². The van der Waals surface area contributed by atoms with E-state index in [2.05, 4.69) is 13.8 Å². The molecule has 1 aliphatic rings. The predicted molar refractivity (Wildman–Crippen MR) is 84.0 cm³/mol. The number of carbonyl (C=O) groups is 1. The normalized spacial score (nSPS) is 20.4. The Bertz CT molecular complexity index is 322. The number of thiocarbonyl (C=S) groups is 1. The lowest BCUT2D eigenvalue weighted by Gasteiger charge is -2.35. The van der Waals surface area contributed by atoms with Crippen molar-refractivity contribution in [2.75, 3.05) is 13.6 Å². The summed E-state index contributed by atoms with van der Waals surface area (Å²) >= 11 is 5.26. The first-order valence-corrected chi connectivity index (χ1v) is 7.90. The number of nitrogens with two attached hydrogens (primary N) is 1. The summed E-state index contributed by atoms with van der Waals surface area (Å²) in [6, 6.07) is 0. The number of hydrogen-bond acceptors (Lipinski definition) is 2. The lowest BCUT2D eigenvalue weighted by Crippen LogP contribution is -2.50. The van der Waals surface area contributed by atoms with Crippen LogP contribution in [0.15, 0.2) is 0 Å². The molecule has 0 aromatic carbocycles. The van der Waals surface area contributed by atoms with Gasteiger partial charge in [0, 0.05) is 13.6 Å². The van der Waals surface area contributed by atoms with Crippen molar-refractivity contribution >= 4 is 23.1 Å². The summed E-state index contributed by atoms with van der Waals surface area (Å²) in [6.07, 6.45) is 7.22. The molecule has 19 heavy (non-hydrogen) atoms. The van der Waals surface area contributed by atoms with E-state index >= 15 is 0 Å². The molecule has 0 spiro atoms. The molecule has 110 valence electrons. The molecule has 1 fully saturated rings. The van der Waals surface area contributed by atoms with Gasteiger partial charge in [0.15, 0.2) is 0 Å². The van der Waals surface area contributed by atoms with E-state index in [1.807, 2.05) is 11.9 Å². The lowest BCUT2D eigenvalue weighted by molar-refractivity contribution is -0.138. The van der Waals surface area contributed by atoms with Crippen molar-refractivity contribution in [2.24, 2.45) is 17.1 Å². The molecule has 3 nitrogen and oxygen atoms in total. The third-order valence-electron chi connectivity index (χ3n) is 4.47. The molecule has 2 N–H and O–H groups in total. The van der Waals surface area contributed by atoms with E-state index in [9.17, 15) is 4.79 Å².